The number of carbonyl (C=O) groups is 3. The number of amides is 2. The SMILES string of the molecule is CC.CNC(CNC(=O)CC[C@@H](C)C1CCC2[C@@H]3C(C)C[C@@H]4C[C@H](O)CCC4(C)C3CCC21C)CC(=O)O.NC=O. The van der Waals surface area contributed by atoms with E-state index in [1.807, 2.05) is 13.8 Å². The lowest BCUT2D eigenvalue weighted by molar-refractivity contribution is -0.150. The Labute approximate surface area is 249 Å². The number of nitrogens with two attached hydrogens (primary N) is 1. The van der Waals surface area contributed by atoms with Crippen molar-refractivity contribution < 1.29 is 24.6 Å². The van der Waals surface area contributed by atoms with E-state index in [2.05, 4.69) is 44.1 Å². The second kappa shape index (κ2) is 15.7. The number of carboxylic acids is 1. The first-order valence-electron chi connectivity index (χ1n) is 16.4. The van der Waals surface area contributed by atoms with Crippen LogP contribution in [0.3, 0.4) is 0 Å². The van der Waals surface area contributed by atoms with Gasteiger partial charge in [0.25, 0.3) is 0 Å². The highest BCUT2D eigenvalue weighted by Gasteiger charge is 2.62. The summed E-state index contributed by atoms with van der Waals surface area (Å²) in [6, 6.07) is -0.236. The van der Waals surface area contributed by atoms with Crippen molar-refractivity contribution in [3.63, 3.8) is 0 Å². The second-order valence-corrected chi connectivity index (χ2v) is 13.9. The first-order valence-corrected chi connectivity index (χ1v) is 16.4. The number of aliphatic hydroxyl groups excluding tert-OH is 1. The highest BCUT2D eigenvalue weighted by atomic mass is 16.4. The number of likely N-dealkylation sites (N-methyl/N-ethyl adjacent to an activating group) is 1. The summed E-state index contributed by atoms with van der Waals surface area (Å²) in [7, 11) is 1.74. The molecule has 0 saturated heterocycles. The lowest BCUT2D eigenvalue weighted by atomic mass is 9.42. The number of fused-ring (bicyclic) bond motifs is 5. The molecule has 0 spiro atoms. The van der Waals surface area contributed by atoms with E-state index in [1.165, 1.54) is 38.5 Å². The molecule has 0 heterocycles. The molecule has 0 aromatic rings. The van der Waals surface area contributed by atoms with Crippen LogP contribution in [0.15, 0.2) is 0 Å². The molecule has 0 aliphatic heterocycles. The van der Waals surface area contributed by atoms with Crippen molar-refractivity contribution in [2.75, 3.05) is 13.6 Å². The van der Waals surface area contributed by atoms with Crippen molar-refractivity contribution >= 4 is 18.3 Å². The van der Waals surface area contributed by atoms with Gasteiger partial charge in [0.15, 0.2) is 0 Å². The van der Waals surface area contributed by atoms with Gasteiger partial charge >= 0.3 is 5.97 Å². The zero-order valence-electron chi connectivity index (χ0n) is 27.0. The molecule has 0 radical (unpaired) electrons. The Balaban J connectivity index is 0.00000110. The normalized spacial score (nSPS) is 38.7. The van der Waals surface area contributed by atoms with Crippen molar-refractivity contribution in [3.05, 3.63) is 0 Å². The zero-order chi connectivity index (χ0) is 31.0. The molecule has 0 aromatic carbocycles. The van der Waals surface area contributed by atoms with E-state index in [4.69, 9.17) is 9.90 Å². The van der Waals surface area contributed by atoms with Crippen molar-refractivity contribution in [1.29, 1.82) is 0 Å². The van der Waals surface area contributed by atoms with Gasteiger partial charge in [-0.15, -0.1) is 0 Å². The predicted octanol–water partition coefficient (Wildman–Crippen LogP) is 4.98. The van der Waals surface area contributed by atoms with Gasteiger partial charge in [-0.1, -0.05) is 41.5 Å². The molecule has 41 heavy (non-hydrogen) atoms. The molecule has 7 unspecified atom stereocenters. The van der Waals surface area contributed by atoms with Crippen LogP contribution in [0.2, 0.25) is 0 Å². The summed E-state index contributed by atoms with van der Waals surface area (Å²) in [5, 5.41) is 25.3. The molecule has 4 saturated carbocycles. The molecule has 8 nitrogen and oxygen atoms in total. The number of carbonyl (C=O) groups excluding carboxylic acids is 2. The van der Waals surface area contributed by atoms with Gasteiger partial charge in [0, 0.05) is 19.0 Å². The fourth-order valence-electron chi connectivity index (χ4n) is 9.96. The molecule has 238 valence electrons. The van der Waals surface area contributed by atoms with Gasteiger partial charge in [-0.05, 0) is 117 Å². The Hall–Kier alpha value is -1.67. The minimum absolute atomic E-state index is 0.00988. The van der Waals surface area contributed by atoms with Crippen molar-refractivity contribution in [1.82, 2.24) is 10.6 Å². The predicted molar refractivity (Wildman–Crippen MR) is 164 cm³/mol. The van der Waals surface area contributed by atoms with Crippen LogP contribution in [0.4, 0.5) is 0 Å². The lowest BCUT2D eigenvalue weighted by Crippen LogP contribution is -2.56. The van der Waals surface area contributed by atoms with Crippen molar-refractivity contribution in [3.8, 4) is 0 Å². The van der Waals surface area contributed by atoms with Crippen LogP contribution in [-0.2, 0) is 14.4 Å². The molecule has 4 aliphatic rings. The molecule has 8 heteroatoms. The average Bonchev–Trinajstić information content (AvgIpc) is 3.29. The maximum atomic E-state index is 12.6. The summed E-state index contributed by atoms with van der Waals surface area (Å²) < 4.78 is 0. The molecule has 4 aliphatic carbocycles. The van der Waals surface area contributed by atoms with Crippen LogP contribution >= 0.6 is 0 Å². The summed E-state index contributed by atoms with van der Waals surface area (Å²) in [6.07, 6.45) is 11.4. The van der Waals surface area contributed by atoms with Crippen LogP contribution in [0.5, 0.6) is 0 Å². The molecule has 0 bridgehead atoms. The van der Waals surface area contributed by atoms with Crippen molar-refractivity contribution in [2.45, 2.75) is 124 Å². The summed E-state index contributed by atoms with van der Waals surface area (Å²) in [5.74, 6) is 4.24. The van der Waals surface area contributed by atoms with E-state index < -0.39 is 5.97 Å². The van der Waals surface area contributed by atoms with E-state index >= 15 is 0 Å². The Morgan fingerprint density at radius 2 is 1.66 bits per heavy atom. The number of nitrogens with one attached hydrogen (secondary N) is 2. The fourth-order valence-corrected chi connectivity index (χ4v) is 9.96. The first-order chi connectivity index (χ1) is 19.4. The lowest BCUT2D eigenvalue weighted by Gasteiger charge is -2.63. The highest BCUT2D eigenvalue weighted by Crippen LogP contribution is 2.69. The molecule has 0 aromatic heterocycles. The maximum absolute atomic E-state index is 12.6. The third-order valence-corrected chi connectivity index (χ3v) is 12.0. The fraction of sp³-hybridized carbons (Fsp3) is 0.909. The third-order valence-electron chi connectivity index (χ3n) is 12.0. The Bertz CT molecular complexity index is 855. The molecular formula is C33H61N3O5. The monoisotopic (exact) mass is 579 g/mol. The van der Waals surface area contributed by atoms with E-state index in [1.54, 1.807) is 7.05 Å². The quantitative estimate of drug-likeness (QED) is 0.244. The molecule has 6 N–H and O–H groups in total. The first kappa shape index (κ1) is 35.5. The number of aliphatic carboxylic acids is 1. The number of hydrogen-bond donors (Lipinski definition) is 5. The third kappa shape index (κ3) is 8.04. The summed E-state index contributed by atoms with van der Waals surface area (Å²) in [6.45, 7) is 14.4. The van der Waals surface area contributed by atoms with E-state index in [0.717, 1.165) is 42.9 Å². The van der Waals surface area contributed by atoms with Gasteiger partial charge in [-0.25, -0.2) is 0 Å². The topological polar surface area (TPSA) is 142 Å². The van der Waals surface area contributed by atoms with Crippen LogP contribution in [-0.4, -0.2) is 54.2 Å². The number of primary amides is 1. The smallest absolute Gasteiger partial charge is 0.304 e. The number of aliphatic hydroxyl groups is 1. The number of rotatable bonds is 9. The van der Waals surface area contributed by atoms with E-state index in [9.17, 15) is 14.7 Å². The van der Waals surface area contributed by atoms with Gasteiger partial charge in [0.2, 0.25) is 12.3 Å². The summed E-state index contributed by atoms with van der Waals surface area (Å²) in [4.78, 5) is 32.1. The van der Waals surface area contributed by atoms with Crippen LogP contribution < -0.4 is 16.4 Å². The number of carboxylic acid groups (broad SMARTS) is 1. The van der Waals surface area contributed by atoms with Gasteiger partial charge in [-0.2, -0.15) is 0 Å². The standard InChI is InChI=1S/C30H52N2O4.C2H6.CH3NO/c1-18(6-9-26(34)32-17-21(31-5)16-27(35)36)23-7-8-24-28-19(2)14-20-15-22(33)10-12-29(20,3)25(28)11-13-30(23,24)4;1-2;2-1-3/h18-25,28,31,33H,6-17H2,1-5H3,(H,32,34)(H,35,36);1-2H3;1H,(H2,2,3)/t18-,19?,20-,21?,22-,23?,24?,25?,28+,29?,30?;;/m1../s1. The van der Waals surface area contributed by atoms with Gasteiger partial charge in [0.1, 0.15) is 0 Å². The average molecular weight is 580 g/mol. The minimum atomic E-state index is -0.853. The second-order valence-electron chi connectivity index (χ2n) is 13.9. The van der Waals surface area contributed by atoms with Gasteiger partial charge < -0.3 is 26.6 Å². The van der Waals surface area contributed by atoms with E-state index in [0.29, 0.717) is 41.5 Å². The molecule has 2 amide bonds. The Morgan fingerprint density at radius 3 is 2.27 bits per heavy atom. The number of hydrogen-bond acceptors (Lipinski definition) is 5. The van der Waals surface area contributed by atoms with Gasteiger partial charge in [-0.3, -0.25) is 14.4 Å². The van der Waals surface area contributed by atoms with Crippen molar-refractivity contribution in [2.24, 2.45) is 58.0 Å². The molecular weight excluding hydrogens is 518 g/mol. The zero-order valence-corrected chi connectivity index (χ0v) is 27.0. The van der Waals surface area contributed by atoms with Crippen LogP contribution in [0.1, 0.15) is 112 Å². The molecule has 4 fully saturated rings. The Morgan fingerprint density at radius 1 is 1.05 bits per heavy atom. The van der Waals surface area contributed by atoms with E-state index in [-0.39, 0.29) is 30.9 Å². The summed E-state index contributed by atoms with van der Waals surface area (Å²) in [5.41, 5.74) is 4.95. The summed E-state index contributed by atoms with van der Waals surface area (Å²) >= 11 is 0. The highest BCUT2D eigenvalue weighted by molar-refractivity contribution is 5.76. The minimum Gasteiger partial charge on any atom is -0.481 e. The molecule has 11 atom stereocenters. The van der Waals surface area contributed by atoms with Gasteiger partial charge in [0.05, 0.1) is 12.5 Å². The maximum Gasteiger partial charge on any atom is 0.304 e. The molecule has 4 rings (SSSR count). The largest absolute Gasteiger partial charge is 0.481 e. The van der Waals surface area contributed by atoms with Crippen LogP contribution in [0, 0.1) is 52.3 Å². The Kier molecular flexibility index (Phi) is 13.6. The van der Waals surface area contributed by atoms with Crippen LogP contribution in [0.25, 0.3) is 0 Å².